The van der Waals surface area contributed by atoms with Gasteiger partial charge in [0.25, 0.3) is 0 Å². The Morgan fingerprint density at radius 1 is 1.41 bits per heavy atom. The molecule has 1 aromatic carbocycles. The number of nitrogens with one attached hydrogen (secondary N) is 1. The van der Waals surface area contributed by atoms with Crippen LogP contribution in [-0.2, 0) is 16.6 Å². The number of sulfonamides is 1. The van der Waals surface area contributed by atoms with E-state index in [1.165, 1.54) is 12.3 Å². The zero-order valence-corrected chi connectivity index (χ0v) is 13.6. The number of halogens is 2. The van der Waals surface area contributed by atoms with Gasteiger partial charge in [-0.1, -0.05) is 30.7 Å². The second-order valence-electron chi connectivity index (χ2n) is 5.17. The minimum atomic E-state index is -3.81. The summed E-state index contributed by atoms with van der Waals surface area (Å²) in [5.41, 5.74) is 0. The lowest BCUT2D eigenvalue weighted by molar-refractivity contribution is 0.378. The maximum Gasteiger partial charge on any atom is 0.240 e. The van der Waals surface area contributed by atoms with E-state index in [0.29, 0.717) is 6.54 Å². The van der Waals surface area contributed by atoms with Crippen LogP contribution >= 0.6 is 11.6 Å². The molecule has 0 bridgehead atoms. The van der Waals surface area contributed by atoms with Gasteiger partial charge in [0.15, 0.2) is 0 Å². The van der Waals surface area contributed by atoms with Crippen molar-refractivity contribution in [3.63, 3.8) is 0 Å². The second kappa shape index (κ2) is 6.72. The summed E-state index contributed by atoms with van der Waals surface area (Å²) in [7, 11) is -3.81. The summed E-state index contributed by atoms with van der Waals surface area (Å²) in [5.74, 6) is -0.640. The first kappa shape index (κ1) is 16.9. The highest BCUT2D eigenvalue weighted by Crippen LogP contribution is 2.20. The summed E-state index contributed by atoms with van der Waals surface area (Å²) in [6.45, 7) is 4.12. The summed E-state index contributed by atoms with van der Waals surface area (Å²) in [4.78, 5) is -0.0804. The molecule has 0 saturated carbocycles. The Labute approximate surface area is 133 Å². The minimum absolute atomic E-state index is 0.0231. The number of hydrogen-bond donors (Lipinski definition) is 1. The number of rotatable bonds is 6. The van der Waals surface area contributed by atoms with Crippen molar-refractivity contribution in [2.45, 2.75) is 31.3 Å². The van der Waals surface area contributed by atoms with E-state index in [0.717, 1.165) is 12.1 Å². The van der Waals surface area contributed by atoms with Crippen LogP contribution in [-0.4, -0.2) is 29.5 Å². The molecular weight excluding hydrogens is 331 g/mol. The van der Waals surface area contributed by atoms with Gasteiger partial charge in [0.05, 0.1) is 22.7 Å². The third kappa shape index (κ3) is 4.02. The van der Waals surface area contributed by atoms with E-state index >= 15 is 0 Å². The first-order chi connectivity index (χ1) is 10.3. The van der Waals surface area contributed by atoms with E-state index in [2.05, 4.69) is 15.0 Å². The Bertz CT molecular complexity index is 735. The van der Waals surface area contributed by atoms with Crippen LogP contribution in [0, 0.1) is 11.7 Å². The molecule has 1 heterocycles. The van der Waals surface area contributed by atoms with Gasteiger partial charge in [0.1, 0.15) is 5.82 Å². The maximum atomic E-state index is 13.2. The molecule has 0 radical (unpaired) electrons. The van der Waals surface area contributed by atoms with E-state index in [1.807, 2.05) is 13.8 Å². The van der Waals surface area contributed by atoms with Crippen molar-refractivity contribution in [1.82, 2.24) is 19.7 Å². The number of nitrogens with zero attached hydrogens (tertiary/aromatic N) is 3. The Kier molecular flexibility index (Phi) is 5.15. The molecule has 0 saturated heterocycles. The van der Waals surface area contributed by atoms with Crippen LogP contribution in [0.1, 0.15) is 13.8 Å². The number of benzene rings is 1. The van der Waals surface area contributed by atoms with Gasteiger partial charge in [-0.3, -0.25) is 4.68 Å². The van der Waals surface area contributed by atoms with Crippen molar-refractivity contribution in [1.29, 1.82) is 0 Å². The molecule has 0 spiro atoms. The van der Waals surface area contributed by atoms with Crippen molar-refractivity contribution < 1.29 is 12.8 Å². The highest BCUT2D eigenvalue weighted by atomic mass is 35.5. The Balaban J connectivity index is 2.22. The van der Waals surface area contributed by atoms with Crippen LogP contribution in [0.2, 0.25) is 5.02 Å². The maximum absolute atomic E-state index is 13.2. The zero-order valence-electron chi connectivity index (χ0n) is 12.1. The molecular formula is C13H16ClFN4O2S. The number of hydrogen-bond acceptors (Lipinski definition) is 4. The van der Waals surface area contributed by atoms with Gasteiger partial charge in [0, 0.05) is 12.2 Å². The Hall–Kier alpha value is -1.51. The molecule has 6 nitrogen and oxygen atoms in total. The lowest BCUT2D eigenvalue weighted by atomic mass is 10.1. The summed E-state index contributed by atoms with van der Waals surface area (Å²) in [6.07, 6.45) is 3.17. The molecule has 1 atom stereocenters. The Morgan fingerprint density at radius 3 is 2.68 bits per heavy atom. The first-order valence-corrected chi connectivity index (χ1v) is 8.47. The molecule has 1 unspecified atom stereocenters. The van der Waals surface area contributed by atoms with Crippen LogP contribution in [0.15, 0.2) is 35.5 Å². The minimum Gasteiger partial charge on any atom is -0.251 e. The monoisotopic (exact) mass is 346 g/mol. The van der Waals surface area contributed by atoms with Gasteiger partial charge in [-0.2, -0.15) is 0 Å². The van der Waals surface area contributed by atoms with Crippen LogP contribution in [0.4, 0.5) is 4.39 Å². The molecule has 1 N–H and O–H groups in total. The van der Waals surface area contributed by atoms with Crippen LogP contribution < -0.4 is 4.72 Å². The molecule has 22 heavy (non-hydrogen) atoms. The summed E-state index contributed by atoms with van der Waals surface area (Å²) in [5, 5.41) is 7.28. The first-order valence-electron chi connectivity index (χ1n) is 6.61. The van der Waals surface area contributed by atoms with Crippen molar-refractivity contribution >= 4 is 21.6 Å². The smallest absolute Gasteiger partial charge is 0.240 e. The molecule has 1 aromatic heterocycles. The van der Waals surface area contributed by atoms with Crippen molar-refractivity contribution in [2.24, 2.45) is 5.92 Å². The molecule has 2 aromatic rings. The topological polar surface area (TPSA) is 76.9 Å². The third-order valence-corrected chi connectivity index (χ3v) is 4.95. The van der Waals surface area contributed by atoms with Crippen molar-refractivity contribution in [3.8, 4) is 0 Å². The van der Waals surface area contributed by atoms with E-state index < -0.39 is 21.9 Å². The van der Waals surface area contributed by atoms with Gasteiger partial charge < -0.3 is 0 Å². The predicted octanol–water partition coefficient (Wildman–Crippen LogP) is 2.07. The summed E-state index contributed by atoms with van der Waals surface area (Å²) >= 11 is 5.64. The molecule has 9 heteroatoms. The van der Waals surface area contributed by atoms with Crippen LogP contribution in [0.5, 0.6) is 0 Å². The van der Waals surface area contributed by atoms with E-state index in [9.17, 15) is 12.8 Å². The van der Waals surface area contributed by atoms with Crippen LogP contribution in [0.3, 0.4) is 0 Å². The quantitative estimate of drug-likeness (QED) is 0.868. The second-order valence-corrected chi connectivity index (χ2v) is 7.29. The number of aromatic nitrogens is 3. The predicted molar refractivity (Wildman–Crippen MR) is 80.4 cm³/mol. The van der Waals surface area contributed by atoms with Gasteiger partial charge in [0.2, 0.25) is 10.0 Å². The largest absolute Gasteiger partial charge is 0.251 e. The fraction of sp³-hybridized carbons (Fsp3) is 0.385. The summed E-state index contributed by atoms with van der Waals surface area (Å²) in [6, 6.07) is 2.90. The molecule has 0 aliphatic rings. The Morgan fingerprint density at radius 2 is 2.14 bits per heavy atom. The van der Waals surface area contributed by atoms with E-state index in [-0.39, 0.29) is 15.8 Å². The normalized spacial score (nSPS) is 13.5. The average molecular weight is 347 g/mol. The van der Waals surface area contributed by atoms with Crippen molar-refractivity contribution in [3.05, 3.63) is 41.4 Å². The molecule has 0 aliphatic carbocycles. The molecule has 2 rings (SSSR count). The van der Waals surface area contributed by atoms with E-state index in [1.54, 1.807) is 10.9 Å². The molecule has 0 fully saturated rings. The van der Waals surface area contributed by atoms with Gasteiger partial charge in [-0.05, 0) is 24.1 Å². The highest BCUT2D eigenvalue weighted by molar-refractivity contribution is 7.89. The van der Waals surface area contributed by atoms with Gasteiger partial charge >= 0.3 is 0 Å². The lowest BCUT2D eigenvalue weighted by Crippen LogP contribution is -2.41. The van der Waals surface area contributed by atoms with Gasteiger partial charge in [-0.15, -0.1) is 5.10 Å². The highest BCUT2D eigenvalue weighted by Gasteiger charge is 2.23. The summed E-state index contributed by atoms with van der Waals surface area (Å²) < 4.78 is 42.1. The average Bonchev–Trinajstić information content (AvgIpc) is 2.93. The SMILES string of the molecule is CC(C)C(Cn1ccnn1)NS(=O)(=O)c1ccc(F)c(Cl)c1. The fourth-order valence-electron chi connectivity index (χ4n) is 1.83. The van der Waals surface area contributed by atoms with Crippen LogP contribution in [0.25, 0.3) is 0 Å². The molecule has 0 aliphatic heterocycles. The van der Waals surface area contributed by atoms with Crippen molar-refractivity contribution in [2.75, 3.05) is 0 Å². The zero-order chi connectivity index (χ0) is 16.3. The fourth-order valence-corrected chi connectivity index (χ4v) is 3.47. The standard InChI is InChI=1S/C13H16ClFN4O2S/c1-9(2)13(8-19-6-5-16-18-19)17-22(20,21)10-3-4-12(15)11(14)7-10/h3-7,9,13,17H,8H2,1-2H3. The molecule has 0 amide bonds. The van der Waals surface area contributed by atoms with E-state index in [4.69, 9.17) is 11.6 Å². The lowest BCUT2D eigenvalue weighted by Gasteiger charge is -2.22. The molecule has 120 valence electrons. The van der Waals surface area contributed by atoms with Gasteiger partial charge in [-0.25, -0.2) is 17.5 Å². The third-order valence-electron chi connectivity index (χ3n) is 3.17.